The number of aromatic nitrogens is 2. The molecular weight excluding hydrogens is 647 g/mol. The van der Waals surface area contributed by atoms with E-state index in [4.69, 9.17) is 4.74 Å². The third-order valence-corrected chi connectivity index (χ3v) is 9.71. The van der Waals surface area contributed by atoms with Gasteiger partial charge in [0.05, 0.1) is 39.7 Å². The van der Waals surface area contributed by atoms with E-state index < -0.39 is 36.2 Å². The van der Waals surface area contributed by atoms with Gasteiger partial charge < -0.3 is 25.8 Å². The molecule has 10 nitrogen and oxygen atoms in total. The van der Waals surface area contributed by atoms with Crippen molar-refractivity contribution in [2.45, 2.75) is 90.1 Å². The number of hydrogen-bond acceptors (Lipinski definition) is 9. The smallest absolute Gasteiger partial charge is 0.407 e. The standard InChI is InChI=1S/C36H45N5O5S2/c1-23(2)33(41-32(43)18-28-21-47-35(38-28)24(3)4)34(44)40-30(16-26-13-9-6-10-14-26)31(42)17-27(15-25-11-7-5-8-12-25)39-36(45)46-20-29-19-37-22-48-29/h5-14,19,21-24,27,30-31,33,42H,15-18,20H2,1-4H3,(H,39,45)(H,40,44)(H,41,43)/t27-,30-,31-,33?/m0/s1. The highest BCUT2D eigenvalue weighted by Gasteiger charge is 2.31. The molecule has 0 radical (unpaired) electrons. The summed E-state index contributed by atoms with van der Waals surface area (Å²) in [5, 5.41) is 23.4. The Hall–Kier alpha value is -4.13. The molecule has 12 heteroatoms. The lowest BCUT2D eigenvalue weighted by molar-refractivity contribution is -0.130. The van der Waals surface area contributed by atoms with E-state index in [9.17, 15) is 19.5 Å². The van der Waals surface area contributed by atoms with Crippen LogP contribution in [0.1, 0.15) is 66.7 Å². The van der Waals surface area contributed by atoms with Gasteiger partial charge in [-0.05, 0) is 36.3 Å². The fourth-order valence-corrected chi connectivity index (χ4v) is 6.56. The summed E-state index contributed by atoms with van der Waals surface area (Å²) >= 11 is 2.91. The van der Waals surface area contributed by atoms with Crippen LogP contribution in [0.15, 0.2) is 77.8 Å². The number of aliphatic hydroxyl groups is 1. The summed E-state index contributed by atoms with van der Waals surface area (Å²) in [6.07, 6.45) is 0.997. The molecule has 1 unspecified atom stereocenters. The average Bonchev–Trinajstić information content (AvgIpc) is 3.76. The molecule has 0 spiro atoms. The van der Waals surface area contributed by atoms with Gasteiger partial charge in [0.1, 0.15) is 12.6 Å². The summed E-state index contributed by atoms with van der Waals surface area (Å²) in [4.78, 5) is 49.0. The largest absolute Gasteiger partial charge is 0.444 e. The first-order valence-electron chi connectivity index (χ1n) is 16.2. The zero-order chi connectivity index (χ0) is 34.5. The molecule has 3 amide bonds. The zero-order valence-electron chi connectivity index (χ0n) is 27.8. The molecule has 0 aliphatic carbocycles. The van der Waals surface area contributed by atoms with Crippen molar-refractivity contribution in [1.82, 2.24) is 25.9 Å². The Balaban J connectivity index is 1.47. The van der Waals surface area contributed by atoms with Crippen LogP contribution in [0.25, 0.3) is 0 Å². The molecule has 4 atom stereocenters. The summed E-state index contributed by atoms with van der Waals surface area (Å²) in [5.74, 6) is -0.638. The number of thiazole rings is 2. The summed E-state index contributed by atoms with van der Waals surface area (Å²) in [7, 11) is 0. The van der Waals surface area contributed by atoms with Gasteiger partial charge in [0.2, 0.25) is 11.8 Å². The fraction of sp³-hybridized carbons (Fsp3) is 0.417. The van der Waals surface area contributed by atoms with E-state index in [-0.39, 0.29) is 37.2 Å². The molecule has 0 aliphatic rings. The van der Waals surface area contributed by atoms with E-state index >= 15 is 0 Å². The highest BCUT2D eigenvalue weighted by molar-refractivity contribution is 7.09. The Morgan fingerprint density at radius 3 is 2.12 bits per heavy atom. The third kappa shape index (κ3) is 11.8. The molecule has 256 valence electrons. The lowest BCUT2D eigenvalue weighted by atomic mass is 9.93. The number of rotatable bonds is 17. The third-order valence-electron chi connectivity index (χ3n) is 7.76. The minimum Gasteiger partial charge on any atom is -0.444 e. The lowest BCUT2D eigenvalue weighted by Gasteiger charge is -2.30. The van der Waals surface area contributed by atoms with Crippen LogP contribution < -0.4 is 16.0 Å². The van der Waals surface area contributed by atoms with Crippen molar-refractivity contribution < 1.29 is 24.2 Å². The monoisotopic (exact) mass is 691 g/mol. The van der Waals surface area contributed by atoms with Crippen LogP contribution in [-0.2, 0) is 40.2 Å². The number of amides is 3. The molecular formula is C36H45N5O5S2. The van der Waals surface area contributed by atoms with Crippen LogP contribution in [0, 0.1) is 5.92 Å². The van der Waals surface area contributed by atoms with Crippen molar-refractivity contribution in [3.63, 3.8) is 0 Å². The number of hydrogen-bond donors (Lipinski definition) is 4. The Labute approximate surface area is 290 Å². The van der Waals surface area contributed by atoms with E-state index in [1.807, 2.05) is 79.9 Å². The molecule has 4 rings (SSSR count). The van der Waals surface area contributed by atoms with Gasteiger partial charge in [0, 0.05) is 23.5 Å². The summed E-state index contributed by atoms with van der Waals surface area (Å²) < 4.78 is 5.43. The van der Waals surface area contributed by atoms with E-state index in [0.29, 0.717) is 18.5 Å². The molecule has 2 heterocycles. The summed E-state index contributed by atoms with van der Waals surface area (Å²) in [6, 6.07) is 17.2. The van der Waals surface area contributed by atoms with Crippen LogP contribution in [0.3, 0.4) is 0 Å². The highest BCUT2D eigenvalue weighted by atomic mass is 32.1. The first-order chi connectivity index (χ1) is 23.1. The van der Waals surface area contributed by atoms with Crippen LogP contribution >= 0.6 is 22.7 Å². The quantitative estimate of drug-likeness (QED) is 0.116. The average molecular weight is 692 g/mol. The Kier molecular flexibility index (Phi) is 14.1. The van der Waals surface area contributed by atoms with Gasteiger partial charge in [-0.15, -0.1) is 22.7 Å². The van der Waals surface area contributed by atoms with Gasteiger partial charge in [-0.2, -0.15) is 0 Å². The number of carbonyl (C=O) groups is 3. The number of carbonyl (C=O) groups excluding carboxylic acids is 3. The maximum Gasteiger partial charge on any atom is 0.407 e. The molecule has 0 saturated heterocycles. The van der Waals surface area contributed by atoms with Crippen molar-refractivity contribution >= 4 is 40.6 Å². The Morgan fingerprint density at radius 2 is 1.54 bits per heavy atom. The molecule has 2 aromatic heterocycles. The van der Waals surface area contributed by atoms with Gasteiger partial charge in [-0.1, -0.05) is 88.4 Å². The minimum absolute atomic E-state index is 0.0712. The minimum atomic E-state index is -1.04. The van der Waals surface area contributed by atoms with Crippen LogP contribution in [0.2, 0.25) is 0 Å². The zero-order valence-corrected chi connectivity index (χ0v) is 29.4. The first-order valence-corrected chi connectivity index (χ1v) is 17.9. The van der Waals surface area contributed by atoms with Gasteiger partial charge in [-0.25, -0.2) is 9.78 Å². The van der Waals surface area contributed by atoms with E-state index in [1.54, 1.807) is 11.7 Å². The number of ether oxygens (including phenoxy) is 1. The van der Waals surface area contributed by atoms with Gasteiger partial charge in [0.25, 0.3) is 0 Å². The topological polar surface area (TPSA) is 143 Å². The SMILES string of the molecule is CC(C)c1nc(CC(=O)NC(C(=O)N[C@@H](Cc2ccccc2)[C@@H](O)C[C@H](Cc2ccccc2)NC(=O)OCc2cncs2)C(C)C)cs1. The maximum atomic E-state index is 13.8. The second kappa shape index (κ2) is 18.4. The molecule has 4 N–H and O–H groups in total. The second-order valence-corrected chi connectivity index (χ2v) is 14.3. The van der Waals surface area contributed by atoms with E-state index in [2.05, 4.69) is 39.8 Å². The van der Waals surface area contributed by atoms with Crippen molar-refractivity contribution in [3.05, 3.63) is 104 Å². The number of aliphatic hydroxyl groups excluding tert-OH is 1. The summed E-state index contributed by atoms with van der Waals surface area (Å²) in [6.45, 7) is 7.93. The van der Waals surface area contributed by atoms with Crippen LogP contribution in [-0.4, -0.2) is 57.2 Å². The van der Waals surface area contributed by atoms with Crippen molar-refractivity contribution in [2.75, 3.05) is 0 Å². The molecule has 0 bridgehead atoms. The first kappa shape index (κ1) is 36.7. The highest BCUT2D eigenvalue weighted by Crippen LogP contribution is 2.20. The van der Waals surface area contributed by atoms with Crippen molar-refractivity contribution in [2.24, 2.45) is 5.92 Å². The van der Waals surface area contributed by atoms with E-state index in [1.165, 1.54) is 22.7 Å². The molecule has 48 heavy (non-hydrogen) atoms. The lowest BCUT2D eigenvalue weighted by Crippen LogP contribution is -2.56. The number of benzene rings is 2. The van der Waals surface area contributed by atoms with Crippen molar-refractivity contribution in [1.29, 1.82) is 0 Å². The maximum absolute atomic E-state index is 13.8. The molecule has 0 fully saturated rings. The Morgan fingerprint density at radius 1 is 0.875 bits per heavy atom. The van der Waals surface area contributed by atoms with Gasteiger partial charge in [0.15, 0.2) is 0 Å². The van der Waals surface area contributed by atoms with Crippen LogP contribution in [0.5, 0.6) is 0 Å². The molecule has 0 aliphatic heterocycles. The van der Waals surface area contributed by atoms with Crippen LogP contribution in [0.4, 0.5) is 4.79 Å². The number of alkyl carbamates (subject to hydrolysis) is 1. The predicted octanol–water partition coefficient (Wildman–Crippen LogP) is 5.42. The fourth-order valence-electron chi connectivity index (χ4n) is 5.22. The molecule has 2 aromatic carbocycles. The van der Waals surface area contributed by atoms with Crippen molar-refractivity contribution in [3.8, 4) is 0 Å². The van der Waals surface area contributed by atoms with Gasteiger partial charge >= 0.3 is 6.09 Å². The van der Waals surface area contributed by atoms with Gasteiger partial charge in [-0.3, -0.25) is 14.6 Å². The summed E-state index contributed by atoms with van der Waals surface area (Å²) in [5.41, 5.74) is 4.24. The normalized spacial score (nSPS) is 13.8. The number of nitrogens with zero attached hydrogens (tertiary/aromatic N) is 2. The molecule has 0 saturated carbocycles. The molecule has 4 aromatic rings. The Bertz CT molecular complexity index is 1560. The second-order valence-electron chi connectivity index (χ2n) is 12.5. The van der Waals surface area contributed by atoms with E-state index in [0.717, 1.165) is 21.0 Å². The predicted molar refractivity (Wildman–Crippen MR) is 189 cm³/mol. The number of nitrogens with one attached hydrogen (secondary N) is 3.